The summed E-state index contributed by atoms with van der Waals surface area (Å²) >= 11 is 0. The van der Waals surface area contributed by atoms with Crippen molar-refractivity contribution in [3.8, 4) is 0 Å². The van der Waals surface area contributed by atoms with Gasteiger partial charge in [0, 0.05) is 17.7 Å². The summed E-state index contributed by atoms with van der Waals surface area (Å²) in [5, 5.41) is 5.55. The van der Waals surface area contributed by atoms with E-state index in [1.54, 1.807) is 6.33 Å². The van der Waals surface area contributed by atoms with Gasteiger partial charge in [0.25, 0.3) is 0 Å². The van der Waals surface area contributed by atoms with Gasteiger partial charge in [-0.2, -0.15) is 0 Å². The first-order chi connectivity index (χ1) is 8.15. The van der Waals surface area contributed by atoms with Crippen LogP contribution in [0.5, 0.6) is 0 Å². The summed E-state index contributed by atoms with van der Waals surface area (Å²) in [7, 11) is 0. The van der Waals surface area contributed by atoms with Crippen LogP contribution in [0.4, 0.5) is 4.79 Å². The first-order valence-electron chi connectivity index (χ1n) is 6.00. The molecule has 0 bridgehead atoms. The Morgan fingerprint density at radius 2 is 2.24 bits per heavy atom. The lowest BCUT2D eigenvalue weighted by Gasteiger charge is -2.09. The third-order valence-corrected chi connectivity index (χ3v) is 2.59. The Kier molecular flexibility index (Phi) is 3.56. The van der Waals surface area contributed by atoms with Gasteiger partial charge < -0.3 is 10.6 Å². The van der Waals surface area contributed by atoms with Gasteiger partial charge in [0.15, 0.2) is 0 Å². The van der Waals surface area contributed by atoms with Crippen molar-refractivity contribution in [1.29, 1.82) is 0 Å². The van der Waals surface area contributed by atoms with Crippen LogP contribution in [0.25, 0.3) is 0 Å². The second kappa shape index (κ2) is 5.12. The standard InChI is InChI=1S/C12H18N4O/c1-8(2)16-12(17)13-6-10-5-11(9-3-4-9)15-7-14-10/h5,7-9H,3-4,6H2,1-2H3,(H2,13,16,17). The summed E-state index contributed by atoms with van der Waals surface area (Å²) in [5.41, 5.74) is 1.96. The van der Waals surface area contributed by atoms with E-state index in [0.29, 0.717) is 12.5 Å². The maximum atomic E-state index is 11.4. The Morgan fingerprint density at radius 1 is 1.47 bits per heavy atom. The molecule has 5 nitrogen and oxygen atoms in total. The summed E-state index contributed by atoms with van der Waals surface area (Å²) in [6, 6.07) is 1.96. The number of urea groups is 1. The zero-order valence-corrected chi connectivity index (χ0v) is 10.2. The highest BCUT2D eigenvalue weighted by atomic mass is 16.2. The van der Waals surface area contributed by atoms with Crippen molar-refractivity contribution >= 4 is 6.03 Å². The van der Waals surface area contributed by atoms with E-state index in [4.69, 9.17) is 0 Å². The molecular formula is C12H18N4O. The van der Waals surface area contributed by atoms with Crippen molar-refractivity contribution in [3.63, 3.8) is 0 Å². The molecule has 1 fully saturated rings. The molecule has 1 heterocycles. The molecule has 92 valence electrons. The van der Waals surface area contributed by atoms with Crippen LogP contribution < -0.4 is 10.6 Å². The SMILES string of the molecule is CC(C)NC(=O)NCc1cc(C2CC2)ncn1. The van der Waals surface area contributed by atoms with Crippen molar-refractivity contribution < 1.29 is 4.79 Å². The molecule has 2 N–H and O–H groups in total. The van der Waals surface area contributed by atoms with Crippen LogP contribution in [0.1, 0.15) is 44.0 Å². The van der Waals surface area contributed by atoms with Gasteiger partial charge in [-0.05, 0) is 32.8 Å². The molecule has 0 spiro atoms. The van der Waals surface area contributed by atoms with Gasteiger partial charge in [-0.25, -0.2) is 14.8 Å². The van der Waals surface area contributed by atoms with Gasteiger partial charge in [0.1, 0.15) is 6.33 Å². The van der Waals surface area contributed by atoms with Crippen LogP contribution in [0.2, 0.25) is 0 Å². The van der Waals surface area contributed by atoms with Crippen LogP contribution in [-0.2, 0) is 6.54 Å². The average molecular weight is 234 g/mol. The Bertz CT molecular complexity index is 401. The van der Waals surface area contributed by atoms with Gasteiger partial charge in [-0.1, -0.05) is 0 Å². The zero-order chi connectivity index (χ0) is 12.3. The van der Waals surface area contributed by atoms with Crippen LogP contribution in [0.15, 0.2) is 12.4 Å². The lowest BCUT2D eigenvalue weighted by atomic mass is 10.2. The second-order valence-electron chi connectivity index (χ2n) is 4.69. The number of carbonyl (C=O) groups excluding carboxylic acids is 1. The summed E-state index contributed by atoms with van der Waals surface area (Å²) in [6.45, 7) is 4.30. The number of hydrogen-bond acceptors (Lipinski definition) is 3. The number of nitrogens with one attached hydrogen (secondary N) is 2. The van der Waals surface area contributed by atoms with Crippen molar-refractivity contribution in [2.24, 2.45) is 0 Å². The summed E-state index contributed by atoms with van der Waals surface area (Å²) in [6.07, 6.45) is 4.01. The predicted molar refractivity (Wildman–Crippen MR) is 64.5 cm³/mol. The maximum absolute atomic E-state index is 11.4. The van der Waals surface area contributed by atoms with Crippen molar-refractivity contribution in [2.45, 2.75) is 45.2 Å². The van der Waals surface area contributed by atoms with E-state index in [0.717, 1.165) is 11.4 Å². The minimum absolute atomic E-state index is 0.141. The smallest absolute Gasteiger partial charge is 0.315 e. The van der Waals surface area contributed by atoms with Gasteiger partial charge in [-0.15, -0.1) is 0 Å². The fourth-order valence-corrected chi connectivity index (χ4v) is 1.60. The zero-order valence-electron chi connectivity index (χ0n) is 10.2. The predicted octanol–water partition coefficient (Wildman–Crippen LogP) is 1.56. The highest BCUT2D eigenvalue weighted by molar-refractivity contribution is 5.73. The monoisotopic (exact) mass is 234 g/mol. The Morgan fingerprint density at radius 3 is 2.88 bits per heavy atom. The van der Waals surface area contributed by atoms with E-state index in [1.165, 1.54) is 12.8 Å². The molecule has 17 heavy (non-hydrogen) atoms. The van der Waals surface area contributed by atoms with E-state index in [-0.39, 0.29) is 12.1 Å². The fraction of sp³-hybridized carbons (Fsp3) is 0.583. The Balaban J connectivity index is 1.85. The van der Waals surface area contributed by atoms with Gasteiger partial charge in [0.2, 0.25) is 0 Å². The number of aromatic nitrogens is 2. The lowest BCUT2D eigenvalue weighted by molar-refractivity contribution is 0.238. The Labute approximate surface area is 101 Å². The van der Waals surface area contributed by atoms with Gasteiger partial charge in [-0.3, -0.25) is 0 Å². The summed E-state index contributed by atoms with van der Waals surface area (Å²) in [5.74, 6) is 0.612. The molecule has 0 radical (unpaired) electrons. The third-order valence-electron chi connectivity index (χ3n) is 2.59. The molecule has 0 atom stereocenters. The highest BCUT2D eigenvalue weighted by Gasteiger charge is 2.25. The minimum atomic E-state index is -0.161. The molecular weight excluding hydrogens is 216 g/mol. The van der Waals surface area contributed by atoms with E-state index >= 15 is 0 Å². The number of rotatable bonds is 4. The molecule has 1 aromatic heterocycles. The molecule has 1 aliphatic carbocycles. The second-order valence-corrected chi connectivity index (χ2v) is 4.69. The molecule has 0 saturated heterocycles. The molecule has 1 saturated carbocycles. The number of nitrogens with zero attached hydrogens (tertiary/aromatic N) is 2. The van der Waals surface area contributed by atoms with Crippen LogP contribution in [0.3, 0.4) is 0 Å². The molecule has 1 aliphatic rings. The first kappa shape index (κ1) is 11.8. The van der Waals surface area contributed by atoms with E-state index < -0.39 is 0 Å². The van der Waals surface area contributed by atoms with Gasteiger partial charge >= 0.3 is 6.03 Å². The minimum Gasteiger partial charge on any atom is -0.336 e. The fourth-order valence-electron chi connectivity index (χ4n) is 1.60. The molecule has 0 aliphatic heterocycles. The number of amides is 2. The number of hydrogen-bond donors (Lipinski definition) is 2. The molecule has 2 amide bonds. The van der Waals surface area contributed by atoms with Crippen molar-refractivity contribution in [2.75, 3.05) is 0 Å². The third kappa shape index (κ3) is 3.69. The highest BCUT2D eigenvalue weighted by Crippen LogP contribution is 2.38. The van der Waals surface area contributed by atoms with Crippen LogP contribution in [-0.4, -0.2) is 22.0 Å². The normalized spacial score (nSPS) is 14.8. The van der Waals surface area contributed by atoms with Crippen molar-refractivity contribution in [3.05, 3.63) is 23.8 Å². The topological polar surface area (TPSA) is 66.9 Å². The summed E-state index contributed by atoms with van der Waals surface area (Å²) in [4.78, 5) is 19.8. The quantitative estimate of drug-likeness (QED) is 0.830. The lowest BCUT2D eigenvalue weighted by Crippen LogP contribution is -2.39. The van der Waals surface area contributed by atoms with Crippen molar-refractivity contribution in [1.82, 2.24) is 20.6 Å². The first-order valence-corrected chi connectivity index (χ1v) is 6.00. The maximum Gasteiger partial charge on any atom is 0.315 e. The average Bonchev–Trinajstić information content (AvgIpc) is 3.10. The van der Waals surface area contributed by atoms with E-state index in [2.05, 4.69) is 20.6 Å². The Hall–Kier alpha value is -1.65. The van der Waals surface area contributed by atoms with Gasteiger partial charge in [0.05, 0.1) is 12.2 Å². The molecule has 0 aromatic carbocycles. The molecule has 5 heteroatoms. The molecule has 2 rings (SSSR count). The molecule has 0 unspecified atom stereocenters. The largest absolute Gasteiger partial charge is 0.336 e. The number of carbonyl (C=O) groups is 1. The van der Waals surface area contributed by atoms with Crippen LogP contribution in [0, 0.1) is 0 Å². The molecule has 1 aromatic rings. The summed E-state index contributed by atoms with van der Waals surface area (Å²) < 4.78 is 0. The van der Waals surface area contributed by atoms with E-state index in [1.807, 2.05) is 19.9 Å². The van der Waals surface area contributed by atoms with Crippen LogP contribution >= 0.6 is 0 Å². The van der Waals surface area contributed by atoms with E-state index in [9.17, 15) is 4.79 Å².